The van der Waals surface area contributed by atoms with E-state index in [0.29, 0.717) is 52.1 Å². The predicted octanol–water partition coefficient (Wildman–Crippen LogP) is 3.92. The number of carbonyl (C=O) groups excluding carboxylic acids is 1. The lowest BCUT2D eigenvalue weighted by Gasteiger charge is -2.26. The minimum absolute atomic E-state index is 0.176. The number of carbonyl (C=O) groups is 2. The van der Waals surface area contributed by atoms with Crippen molar-refractivity contribution in [2.75, 3.05) is 13.1 Å². The molecule has 1 saturated heterocycles. The number of rotatable bonds is 4. The van der Waals surface area contributed by atoms with Gasteiger partial charge in [0.25, 0.3) is 5.91 Å². The maximum Gasteiger partial charge on any atom is 0.407 e. The van der Waals surface area contributed by atoms with Gasteiger partial charge in [0, 0.05) is 46.5 Å². The second kappa shape index (κ2) is 8.06. The van der Waals surface area contributed by atoms with Crippen molar-refractivity contribution < 1.29 is 14.7 Å². The Morgan fingerprint density at radius 1 is 1.33 bits per heavy atom. The lowest BCUT2D eigenvalue weighted by atomic mass is 9.93. The topological polar surface area (TPSA) is 99.8 Å². The number of amides is 2. The number of nitrogens with two attached hydrogens (primary N) is 1. The van der Waals surface area contributed by atoms with Crippen LogP contribution in [0.15, 0.2) is 18.2 Å². The maximum absolute atomic E-state index is 13.4. The van der Waals surface area contributed by atoms with Crippen LogP contribution in [0.4, 0.5) is 4.79 Å². The van der Waals surface area contributed by atoms with Gasteiger partial charge in [-0.25, -0.2) is 4.79 Å². The summed E-state index contributed by atoms with van der Waals surface area (Å²) in [6.07, 6.45) is 0.587. The Morgan fingerprint density at radius 2 is 2.10 bits per heavy atom. The highest BCUT2D eigenvalue weighted by atomic mass is 35.5. The molecule has 30 heavy (non-hydrogen) atoms. The third kappa shape index (κ3) is 3.51. The molecule has 0 bridgehead atoms. The molecular formula is C21H22Cl2N4O3. The van der Waals surface area contributed by atoms with Gasteiger partial charge in [0.15, 0.2) is 0 Å². The Morgan fingerprint density at radius 3 is 2.77 bits per heavy atom. The number of hydrogen-bond donors (Lipinski definition) is 2. The Hall–Kier alpha value is -2.35. The molecule has 7 nitrogen and oxygen atoms in total. The summed E-state index contributed by atoms with van der Waals surface area (Å²) in [6.45, 7) is 3.25. The number of pyridine rings is 1. The molecule has 3 N–H and O–H groups in total. The van der Waals surface area contributed by atoms with E-state index in [1.165, 1.54) is 4.90 Å². The fourth-order valence-electron chi connectivity index (χ4n) is 4.48. The number of likely N-dealkylation sites (tertiary alicyclic amines) is 1. The molecule has 1 atom stereocenters. The number of fused-ring (bicyclic) bond motifs is 1. The van der Waals surface area contributed by atoms with Gasteiger partial charge in [-0.2, -0.15) is 0 Å². The summed E-state index contributed by atoms with van der Waals surface area (Å²) in [6, 6.07) is 4.95. The molecule has 3 heterocycles. The number of aryl methyl sites for hydroxylation is 1. The van der Waals surface area contributed by atoms with Crippen molar-refractivity contribution in [2.45, 2.75) is 38.9 Å². The first-order valence-corrected chi connectivity index (χ1v) is 10.5. The van der Waals surface area contributed by atoms with E-state index < -0.39 is 6.09 Å². The largest absolute Gasteiger partial charge is 0.465 e. The SMILES string of the molecule is Cc1nc2c(c(-c3ccc(Cl)cc3Cl)c1CN)C(=O)N(CC1CCCN1C(=O)O)C2. The van der Waals surface area contributed by atoms with Crippen LogP contribution in [0.1, 0.15) is 40.2 Å². The third-order valence-corrected chi connectivity index (χ3v) is 6.43. The third-order valence-electron chi connectivity index (χ3n) is 5.88. The van der Waals surface area contributed by atoms with Gasteiger partial charge >= 0.3 is 6.09 Å². The zero-order chi connectivity index (χ0) is 21.6. The second-order valence-corrected chi connectivity index (χ2v) is 8.50. The summed E-state index contributed by atoms with van der Waals surface area (Å²) in [5, 5.41) is 10.4. The molecule has 0 spiro atoms. The zero-order valence-corrected chi connectivity index (χ0v) is 18.0. The number of benzene rings is 1. The minimum Gasteiger partial charge on any atom is -0.465 e. The van der Waals surface area contributed by atoms with E-state index in [0.717, 1.165) is 24.1 Å². The van der Waals surface area contributed by atoms with Gasteiger partial charge in [-0.1, -0.05) is 29.3 Å². The molecule has 2 aliphatic rings. The number of nitrogens with zero attached hydrogens (tertiary/aromatic N) is 3. The van der Waals surface area contributed by atoms with Crippen molar-refractivity contribution in [1.82, 2.24) is 14.8 Å². The van der Waals surface area contributed by atoms with Crippen molar-refractivity contribution in [3.63, 3.8) is 0 Å². The lowest BCUT2D eigenvalue weighted by molar-refractivity contribution is 0.0720. The molecule has 0 radical (unpaired) electrons. The molecule has 0 saturated carbocycles. The quantitative estimate of drug-likeness (QED) is 0.737. The second-order valence-electron chi connectivity index (χ2n) is 7.66. The first-order chi connectivity index (χ1) is 14.3. The molecule has 0 aliphatic carbocycles. The number of carboxylic acid groups (broad SMARTS) is 1. The van der Waals surface area contributed by atoms with Gasteiger partial charge in [-0.15, -0.1) is 0 Å². The normalized spacial score (nSPS) is 18.3. The van der Waals surface area contributed by atoms with Gasteiger partial charge in [0.05, 0.1) is 23.8 Å². The van der Waals surface area contributed by atoms with Crippen LogP contribution in [0.2, 0.25) is 10.0 Å². The van der Waals surface area contributed by atoms with E-state index in [1.54, 1.807) is 23.1 Å². The van der Waals surface area contributed by atoms with Crippen LogP contribution in [0, 0.1) is 6.92 Å². The van der Waals surface area contributed by atoms with Crippen LogP contribution >= 0.6 is 23.2 Å². The molecule has 4 rings (SSSR count). The fourth-order valence-corrected chi connectivity index (χ4v) is 4.98. The molecule has 1 unspecified atom stereocenters. The molecule has 2 aromatic rings. The summed E-state index contributed by atoms with van der Waals surface area (Å²) in [4.78, 5) is 32.6. The summed E-state index contributed by atoms with van der Waals surface area (Å²) in [7, 11) is 0. The molecule has 9 heteroatoms. The molecule has 1 aromatic heterocycles. The first kappa shape index (κ1) is 20.9. The fraction of sp³-hybridized carbons (Fsp3) is 0.381. The lowest BCUT2D eigenvalue weighted by Crippen LogP contribution is -2.42. The van der Waals surface area contributed by atoms with Crippen LogP contribution in [-0.4, -0.2) is 51.0 Å². The average Bonchev–Trinajstić information content (AvgIpc) is 3.26. The smallest absolute Gasteiger partial charge is 0.407 e. The van der Waals surface area contributed by atoms with Crippen molar-refractivity contribution in [3.05, 3.63) is 50.8 Å². The molecule has 158 valence electrons. The van der Waals surface area contributed by atoms with E-state index in [-0.39, 0.29) is 18.5 Å². The van der Waals surface area contributed by atoms with Crippen molar-refractivity contribution in [1.29, 1.82) is 0 Å². The van der Waals surface area contributed by atoms with Crippen molar-refractivity contribution in [2.24, 2.45) is 5.73 Å². The van der Waals surface area contributed by atoms with Gasteiger partial charge in [-0.05, 0) is 37.5 Å². The van der Waals surface area contributed by atoms with E-state index in [4.69, 9.17) is 28.9 Å². The molecule has 1 fully saturated rings. The van der Waals surface area contributed by atoms with E-state index in [9.17, 15) is 14.7 Å². The number of halogens is 2. The maximum atomic E-state index is 13.4. The summed E-state index contributed by atoms with van der Waals surface area (Å²) >= 11 is 12.5. The minimum atomic E-state index is -0.949. The van der Waals surface area contributed by atoms with Crippen LogP contribution < -0.4 is 5.73 Å². The molecule has 2 aliphatic heterocycles. The van der Waals surface area contributed by atoms with Crippen LogP contribution in [-0.2, 0) is 13.1 Å². The zero-order valence-electron chi connectivity index (χ0n) is 16.5. The van der Waals surface area contributed by atoms with Crippen LogP contribution in [0.3, 0.4) is 0 Å². The summed E-state index contributed by atoms with van der Waals surface area (Å²) in [5.74, 6) is -0.176. The van der Waals surface area contributed by atoms with Crippen molar-refractivity contribution >= 4 is 35.2 Å². The predicted molar refractivity (Wildman–Crippen MR) is 115 cm³/mol. The van der Waals surface area contributed by atoms with Crippen molar-refractivity contribution in [3.8, 4) is 11.1 Å². The summed E-state index contributed by atoms with van der Waals surface area (Å²) < 4.78 is 0. The molecular weight excluding hydrogens is 427 g/mol. The first-order valence-electron chi connectivity index (χ1n) is 9.78. The molecule has 2 amide bonds. The van der Waals surface area contributed by atoms with Gasteiger partial charge in [-0.3, -0.25) is 9.78 Å². The highest BCUT2D eigenvalue weighted by Gasteiger charge is 2.38. The van der Waals surface area contributed by atoms with E-state index >= 15 is 0 Å². The monoisotopic (exact) mass is 448 g/mol. The van der Waals surface area contributed by atoms with Crippen LogP contribution in [0.25, 0.3) is 11.1 Å². The van der Waals surface area contributed by atoms with Gasteiger partial charge in [0.1, 0.15) is 0 Å². The average molecular weight is 449 g/mol. The molecule has 1 aromatic carbocycles. The Labute approximate surface area is 184 Å². The standard InChI is InChI=1S/C21H22Cl2N4O3/c1-11-15(8-24)18(14-5-4-12(22)7-16(14)23)19-17(25-11)10-26(20(19)28)9-13-3-2-6-27(13)21(29)30/h4-5,7,13H,2-3,6,8-10,24H2,1H3,(H,29,30). The van der Waals surface area contributed by atoms with E-state index in [1.807, 2.05) is 6.92 Å². The Balaban J connectivity index is 1.76. The van der Waals surface area contributed by atoms with E-state index in [2.05, 4.69) is 4.98 Å². The summed E-state index contributed by atoms with van der Waals surface area (Å²) in [5.41, 5.74) is 10.1. The van der Waals surface area contributed by atoms with Gasteiger partial charge in [0.2, 0.25) is 0 Å². The number of hydrogen-bond acceptors (Lipinski definition) is 4. The van der Waals surface area contributed by atoms with Crippen LogP contribution in [0.5, 0.6) is 0 Å². The Kier molecular flexibility index (Phi) is 5.61. The highest BCUT2D eigenvalue weighted by molar-refractivity contribution is 6.36. The van der Waals surface area contributed by atoms with Gasteiger partial charge < -0.3 is 20.6 Å². The number of aromatic nitrogens is 1. The highest BCUT2D eigenvalue weighted by Crippen LogP contribution is 2.40. The Bertz CT molecular complexity index is 1040.